The van der Waals surface area contributed by atoms with Gasteiger partial charge < -0.3 is 9.64 Å². The number of anilines is 1. The first kappa shape index (κ1) is 21.2. The van der Waals surface area contributed by atoms with Gasteiger partial charge in [0.15, 0.2) is 0 Å². The summed E-state index contributed by atoms with van der Waals surface area (Å²) >= 11 is 5.86. The summed E-state index contributed by atoms with van der Waals surface area (Å²) in [6, 6.07) is 14.2. The molecular weight excluding hydrogens is 388 g/mol. The number of carbonyl (C=O) groups is 2. The lowest BCUT2D eigenvalue weighted by atomic mass is 9.75. The Kier molecular flexibility index (Phi) is 6.80. The van der Waals surface area contributed by atoms with Crippen molar-refractivity contribution in [3.63, 3.8) is 0 Å². The molecule has 1 aliphatic heterocycles. The predicted octanol–water partition coefficient (Wildman–Crippen LogP) is 5.53. The number of benzene rings is 2. The molecule has 6 heteroatoms. The Morgan fingerprint density at radius 2 is 1.97 bits per heavy atom. The minimum Gasteiger partial charge on any atom is -0.410 e. The molecule has 2 aromatic rings. The molecule has 1 heterocycles. The fraction of sp³-hybridized carbons (Fsp3) is 0.391. The highest BCUT2D eigenvalue weighted by atomic mass is 35.5. The zero-order chi connectivity index (χ0) is 20.9. The van der Waals surface area contributed by atoms with E-state index in [4.69, 9.17) is 16.3 Å². The number of halogens is 1. The van der Waals surface area contributed by atoms with E-state index in [-0.39, 0.29) is 5.91 Å². The highest BCUT2D eigenvalue weighted by Crippen LogP contribution is 2.37. The Labute approximate surface area is 177 Å². The third-order valence-corrected chi connectivity index (χ3v) is 5.87. The van der Waals surface area contributed by atoms with Crippen molar-refractivity contribution < 1.29 is 14.3 Å². The lowest BCUT2D eigenvalue weighted by Gasteiger charge is -2.33. The van der Waals surface area contributed by atoms with Crippen LogP contribution in [0.25, 0.3) is 0 Å². The number of nitrogens with one attached hydrogen (secondary N) is 1. The van der Waals surface area contributed by atoms with E-state index in [0.717, 1.165) is 37.8 Å². The Morgan fingerprint density at radius 1 is 1.21 bits per heavy atom. The van der Waals surface area contributed by atoms with Crippen LogP contribution in [-0.4, -0.2) is 30.5 Å². The second kappa shape index (κ2) is 9.31. The number of hydrogen-bond acceptors (Lipinski definition) is 3. The first-order valence-corrected chi connectivity index (χ1v) is 10.4. The normalized spacial score (nSPS) is 19.6. The first-order chi connectivity index (χ1) is 13.9. The smallest absolute Gasteiger partial charge is 0.410 e. The molecule has 1 unspecified atom stereocenters. The van der Waals surface area contributed by atoms with Crippen molar-refractivity contribution in [1.29, 1.82) is 0 Å². The third-order valence-electron chi connectivity index (χ3n) is 5.62. The monoisotopic (exact) mass is 414 g/mol. The number of amides is 2. The van der Waals surface area contributed by atoms with E-state index in [9.17, 15) is 9.59 Å². The van der Waals surface area contributed by atoms with Gasteiger partial charge in [-0.3, -0.25) is 10.1 Å². The summed E-state index contributed by atoms with van der Waals surface area (Å²) in [5, 5.41) is 3.28. The quantitative estimate of drug-likeness (QED) is 0.699. The Bertz CT molecular complexity index is 869. The van der Waals surface area contributed by atoms with Crippen LogP contribution in [0.1, 0.15) is 38.2 Å². The molecule has 154 valence electrons. The minimum absolute atomic E-state index is 0.212. The van der Waals surface area contributed by atoms with Gasteiger partial charge in [-0.25, -0.2) is 4.79 Å². The average molecular weight is 415 g/mol. The third kappa shape index (κ3) is 5.30. The van der Waals surface area contributed by atoms with Crippen LogP contribution >= 0.6 is 11.6 Å². The zero-order valence-corrected chi connectivity index (χ0v) is 17.7. The van der Waals surface area contributed by atoms with Crippen molar-refractivity contribution >= 4 is 29.3 Å². The summed E-state index contributed by atoms with van der Waals surface area (Å²) < 4.78 is 5.44. The number of nitrogens with zero attached hydrogens (tertiary/aromatic N) is 1. The summed E-state index contributed by atoms with van der Waals surface area (Å²) in [6.45, 7) is 2.89. The van der Waals surface area contributed by atoms with Crippen LogP contribution in [-0.2, 0) is 11.2 Å². The fourth-order valence-electron chi connectivity index (χ4n) is 3.94. The van der Waals surface area contributed by atoms with E-state index in [1.807, 2.05) is 30.1 Å². The Morgan fingerprint density at radius 3 is 2.69 bits per heavy atom. The van der Waals surface area contributed by atoms with Gasteiger partial charge >= 0.3 is 6.09 Å². The molecule has 0 bridgehead atoms. The predicted molar refractivity (Wildman–Crippen MR) is 115 cm³/mol. The van der Waals surface area contributed by atoms with Crippen LogP contribution in [0.4, 0.5) is 10.5 Å². The van der Waals surface area contributed by atoms with Crippen LogP contribution in [0.2, 0.25) is 5.02 Å². The van der Waals surface area contributed by atoms with Crippen molar-refractivity contribution in [3.8, 4) is 5.75 Å². The Hall–Kier alpha value is -2.53. The second-order valence-electron chi connectivity index (χ2n) is 7.66. The van der Waals surface area contributed by atoms with Crippen LogP contribution in [0, 0.1) is 5.41 Å². The molecule has 3 rings (SSSR count). The summed E-state index contributed by atoms with van der Waals surface area (Å²) in [6.07, 6.45) is 3.83. The summed E-state index contributed by atoms with van der Waals surface area (Å²) in [4.78, 5) is 27.1. The lowest BCUT2D eigenvalue weighted by molar-refractivity contribution is -0.140. The van der Waals surface area contributed by atoms with Gasteiger partial charge in [0.2, 0.25) is 5.91 Å². The van der Waals surface area contributed by atoms with E-state index in [1.165, 1.54) is 0 Å². The Balaban J connectivity index is 1.70. The SMILES string of the molecule is CCC1(Cc2cccc(OC(=O)Nc3ccc(Cl)cc3)c2)CCCCN(C)C1=O. The lowest BCUT2D eigenvalue weighted by Crippen LogP contribution is -2.41. The van der Waals surface area contributed by atoms with Crippen molar-refractivity contribution in [3.05, 3.63) is 59.1 Å². The molecule has 2 amide bonds. The molecule has 0 aliphatic carbocycles. The maximum Gasteiger partial charge on any atom is 0.417 e. The van der Waals surface area contributed by atoms with E-state index in [1.54, 1.807) is 30.3 Å². The van der Waals surface area contributed by atoms with Gasteiger partial charge in [0, 0.05) is 24.3 Å². The van der Waals surface area contributed by atoms with Gasteiger partial charge in [0.05, 0.1) is 5.41 Å². The maximum absolute atomic E-state index is 13.0. The number of likely N-dealkylation sites (tertiary alicyclic amines) is 1. The number of hydrogen-bond donors (Lipinski definition) is 1. The minimum atomic E-state index is -0.569. The molecular formula is C23H27ClN2O3. The van der Waals surface area contributed by atoms with E-state index < -0.39 is 11.5 Å². The molecule has 1 fully saturated rings. The molecule has 29 heavy (non-hydrogen) atoms. The van der Waals surface area contributed by atoms with Gasteiger partial charge in [-0.05, 0) is 67.6 Å². The van der Waals surface area contributed by atoms with Gasteiger partial charge in [-0.1, -0.05) is 37.1 Å². The van der Waals surface area contributed by atoms with E-state index >= 15 is 0 Å². The molecule has 5 nitrogen and oxygen atoms in total. The summed E-state index contributed by atoms with van der Waals surface area (Å²) in [5.41, 5.74) is 1.20. The highest BCUT2D eigenvalue weighted by molar-refractivity contribution is 6.30. The van der Waals surface area contributed by atoms with Gasteiger partial charge in [0.25, 0.3) is 0 Å². The summed E-state index contributed by atoms with van der Waals surface area (Å²) in [7, 11) is 1.89. The second-order valence-corrected chi connectivity index (χ2v) is 8.10. The first-order valence-electron chi connectivity index (χ1n) is 10.0. The van der Waals surface area contributed by atoms with Crippen LogP contribution < -0.4 is 10.1 Å². The fourth-order valence-corrected chi connectivity index (χ4v) is 4.06. The van der Waals surface area contributed by atoms with Gasteiger partial charge in [-0.2, -0.15) is 0 Å². The number of rotatable bonds is 5. The number of carbonyl (C=O) groups excluding carboxylic acids is 2. The molecule has 2 aromatic carbocycles. The molecule has 1 N–H and O–H groups in total. The van der Waals surface area contributed by atoms with Crippen molar-refractivity contribution in [1.82, 2.24) is 4.90 Å². The summed E-state index contributed by atoms with van der Waals surface area (Å²) in [5.74, 6) is 0.666. The molecule has 0 radical (unpaired) electrons. The average Bonchev–Trinajstić information content (AvgIpc) is 2.84. The van der Waals surface area contributed by atoms with Gasteiger partial charge in [0.1, 0.15) is 5.75 Å². The van der Waals surface area contributed by atoms with Crippen molar-refractivity contribution in [2.45, 2.75) is 39.0 Å². The molecule has 1 saturated heterocycles. The highest BCUT2D eigenvalue weighted by Gasteiger charge is 2.39. The molecule has 1 aliphatic rings. The topological polar surface area (TPSA) is 58.6 Å². The van der Waals surface area contributed by atoms with Gasteiger partial charge in [-0.15, -0.1) is 0 Å². The molecule has 1 atom stereocenters. The van der Waals surface area contributed by atoms with Crippen molar-refractivity contribution in [2.75, 3.05) is 18.9 Å². The van der Waals surface area contributed by atoms with E-state index in [2.05, 4.69) is 12.2 Å². The standard InChI is InChI=1S/C23H27ClN2O3/c1-3-23(13-4-5-14-26(2)21(23)27)16-17-7-6-8-20(15-17)29-22(28)25-19-11-9-18(24)10-12-19/h6-12,15H,3-5,13-14,16H2,1-2H3,(H,25,28). The van der Waals surface area contributed by atoms with Crippen LogP contribution in [0.3, 0.4) is 0 Å². The maximum atomic E-state index is 13.0. The van der Waals surface area contributed by atoms with Crippen LogP contribution in [0.5, 0.6) is 5.75 Å². The van der Waals surface area contributed by atoms with E-state index in [0.29, 0.717) is 22.9 Å². The largest absolute Gasteiger partial charge is 0.417 e. The van der Waals surface area contributed by atoms with Crippen molar-refractivity contribution in [2.24, 2.45) is 5.41 Å². The molecule has 0 aromatic heterocycles. The zero-order valence-electron chi connectivity index (χ0n) is 16.9. The van der Waals surface area contributed by atoms with Crippen LogP contribution in [0.15, 0.2) is 48.5 Å². The number of ether oxygens (including phenoxy) is 1. The molecule has 0 spiro atoms. The molecule has 0 saturated carbocycles.